The summed E-state index contributed by atoms with van der Waals surface area (Å²) in [6, 6.07) is 5.69. The van der Waals surface area contributed by atoms with Gasteiger partial charge < -0.3 is 5.32 Å². The maximum atomic E-state index is 6.03. The molecule has 0 fully saturated rings. The van der Waals surface area contributed by atoms with E-state index in [1.807, 2.05) is 12.1 Å². The summed E-state index contributed by atoms with van der Waals surface area (Å²) in [4.78, 5) is 8.22. The molecular formula is C11H9BrClN3. The van der Waals surface area contributed by atoms with E-state index in [0.29, 0.717) is 17.4 Å². The summed E-state index contributed by atoms with van der Waals surface area (Å²) >= 11 is 9.33. The Labute approximate surface area is 107 Å². The fourth-order valence-corrected chi connectivity index (χ4v) is 1.93. The molecule has 2 aromatic heterocycles. The van der Waals surface area contributed by atoms with E-state index >= 15 is 0 Å². The molecule has 0 bridgehead atoms. The SMILES string of the molecule is Clc1cc(Br)cnc1NCc1cccnc1. The lowest BCUT2D eigenvalue weighted by Crippen LogP contribution is -2.01. The van der Waals surface area contributed by atoms with Crippen molar-refractivity contribution in [1.82, 2.24) is 9.97 Å². The average Bonchev–Trinajstić information content (AvgIpc) is 2.29. The Morgan fingerprint density at radius 3 is 2.94 bits per heavy atom. The summed E-state index contributed by atoms with van der Waals surface area (Å²) in [5.41, 5.74) is 1.09. The minimum absolute atomic E-state index is 0.596. The van der Waals surface area contributed by atoms with Gasteiger partial charge in [0.2, 0.25) is 0 Å². The smallest absolute Gasteiger partial charge is 0.145 e. The highest BCUT2D eigenvalue weighted by molar-refractivity contribution is 9.10. The van der Waals surface area contributed by atoms with Crippen LogP contribution in [0.1, 0.15) is 5.56 Å². The summed E-state index contributed by atoms with van der Waals surface area (Å²) in [7, 11) is 0. The number of halogens is 2. The second kappa shape index (κ2) is 5.27. The minimum Gasteiger partial charge on any atom is -0.365 e. The van der Waals surface area contributed by atoms with Crippen LogP contribution in [0.25, 0.3) is 0 Å². The van der Waals surface area contributed by atoms with Gasteiger partial charge in [-0.2, -0.15) is 0 Å². The Kier molecular flexibility index (Phi) is 3.74. The van der Waals surface area contributed by atoms with E-state index in [4.69, 9.17) is 11.6 Å². The molecule has 0 saturated carbocycles. The highest BCUT2D eigenvalue weighted by atomic mass is 79.9. The fraction of sp³-hybridized carbons (Fsp3) is 0.0909. The Morgan fingerprint density at radius 2 is 2.25 bits per heavy atom. The lowest BCUT2D eigenvalue weighted by molar-refractivity contribution is 1.08. The number of pyridine rings is 2. The first-order valence-electron chi connectivity index (χ1n) is 4.69. The molecule has 0 aliphatic carbocycles. The van der Waals surface area contributed by atoms with Crippen LogP contribution in [0.4, 0.5) is 5.82 Å². The Bertz CT molecular complexity index is 476. The normalized spacial score (nSPS) is 10.1. The molecule has 0 amide bonds. The van der Waals surface area contributed by atoms with Crippen LogP contribution in [0, 0.1) is 0 Å². The summed E-state index contributed by atoms with van der Waals surface area (Å²) in [5, 5.41) is 3.75. The largest absolute Gasteiger partial charge is 0.365 e. The third-order valence-corrected chi connectivity index (χ3v) is 2.71. The van der Waals surface area contributed by atoms with Crippen LogP contribution < -0.4 is 5.32 Å². The molecule has 0 saturated heterocycles. The molecule has 1 N–H and O–H groups in total. The third kappa shape index (κ3) is 2.93. The summed E-state index contributed by atoms with van der Waals surface area (Å²) in [6.07, 6.45) is 5.26. The molecule has 0 aliphatic rings. The van der Waals surface area contributed by atoms with E-state index < -0.39 is 0 Å². The van der Waals surface area contributed by atoms with Crippen LogP contribution in [0.5, 0.6) is 0 Å². The van der Waals surface area contributed by atoms with Crippen molar-refractivity contribution in [3.8, 4) is 0 Å². The zero-order valence-electron chi connectivity index (χ0n) is 8.32. The van der Waals surface area contributed by atoms with Gasteiger partial charge in [-0.05, 0) is 33.6 Å². The summed E-state index contributed by atoms with van der Waals surface area (Å²) in [5.74, 6) is 0.675. The lowest BCUT2D eigenvalue weighted by Gasteiger charge is -2.07. The van der Waals surface area contributed by atoms with Gasteiger partial charge in [0, 0.05) is 29.6 Å². The molecule has 0 unspecified atom stereocenters. The molecule has 16 heavy (non-hydrogen) atoms. The van der Waals surface area contributed by atoms with Crippen LogP contribution in [0.15, 0.2) is 41.3 Å². The molecular weight excluding hydrogens is 289 g/mol. The molecule has 82 valence electrons. The molecule has 0 radical (unpaired) electrons. The van der Waals surface area contributed by atoms with E-state index in [-0.39, 0.29) is 0 Å². The van der Waals surface area contributed by atoms with E-state index in [1.165, 1.54) is 0 Å². The summed E-state index contributed by atoms with van der Waals surface area (Å²) in [6.45, 7) is 0.655. The number of aromatic nitrogens is 2. The van der Waals surface area contributed by atoms with Crippen molar-refractivity contribution in [3.63, 3.8) is 0 Å². The summed E-state index contributed by atoms with van der Waals surface area (Å²) < 4.78 is 0.865. The van der Waals surface area contributed by atoms with Gasteiger partial charge in [-0.15, -0.1) is 0 Å². The number of nitrogens with zero attached hydrogens (tertiary/aromatic N) is 2. The van der Waals surface area contributed by atoms with E-state index in [1.54, 1.807) is 24.7 Å². The zero-order valence-corrected chi connectivity index (χ0v) is 10.7. The Balaban J connectivity index is 2.05. The minimum atomic E-state index is 0.596. The van der Waals surface area contributed by atoms with Crippen molar-refractivity contribution >= 4 is 33.3 Å². The van der Waals surface area contributed by atoms with Gasteiger partial charge in [0.25, 0.3) is 0 Å². The maximum Gasteiger partial charge on any atom is 0.145 e. The van der Waals surface area contributed by atoms with E-state index in [9.17, 15) is 0 Å². The predicted octanol–water partition coefficient (Wildman–Crippen LogP) is 3.50. The van der Waals surface area contributed by atoms with Crippen molar-refractivity contribution in [2.24, 2.45) is 0 Å². The lowest BCUT2D eigenvalue weighted by atomic mass is 10.3. The molecule has 2 aromatic rings. The topological polar surface area (TPSA) is 37.8 Å². The van der Waals surface area contributed by atoms with Gasteiger partial charge >= 0.3 is 0 Å². The van der Waals surface area contributed by atoms with Gasteiger partial charge in [-0.3, -0.25) is 4.98 Å². The van der Waals surface area contributed by atoms with Crippen LogP contribution >= 0.6 is 27.5 Å². The van der Waals surface area contributed by atoms with Crippen LogP contribution in [0.2, 0.25) is 5.02 Å². The first kappa shape index (κ1) is 11.4. The van der Waals surface area contributed by atoms with Gasteiger partial charge in [0.15, 0.2) is 0 Å². The molecule has 0 spiro atoms. The number of anilines is 1. The standard InChI is InChI=1S/C11H9BrClN3/c12-9-4-10(13)11(16-7-9)15-6-8-2-1-3-14-5-8/h1-5,7H,6H2,(H,15,16). The van der Waals surface area contributed by atoms with E-state index in [0.717, 1.165) is 10.0 Å². The highest BCUT2D eigenvalue weighted by Crippen LogP contribution is 2.23. The number of hydrogen-bond acceptors (Lipinski definition) is 3. The van der Waals surface area contributed by atoms with Crippen molar-refractivity contribution in [1.29, 1.82) is 0 Å². The molecule has 5 heteroatoms. The molecule has 3 nitrogen and oxygen atoms in total. The molecule has 2 rings (SSSR count). The highest BCUT2D eigenvalue weighted by Gasteiger charge is 2.01. The van der Waals surface area contributed by atoms with Crippen LogP contribution in [0.3, 0.4) is 0 Å². The maximum absolute atomic E-state index is 6.03. The zero-order chi connectivity index (χ0) is 11.4. The van der Waals surface area contributed by atoms with Gasteiger partial charge in [0.1, 0.15) is 5.82 Å². The van der Waals surface area contributed by atoms with Gasteiger partial charge in [0.05, 0.1) is 5.02 Å². The van der Waals surface area contributed by atoms with Crippen molar-refractivity contribution in [3.05, 3.63) is 51.8 Å². The van der Waals surface area contributed by atoms with Crippen LogP contribution in [-0.4, -0.2) is 9.97 Å². The van der Waals surface area contributed by atoms with Crippen molar-refractivity contribution in [2.45, 2.75) is 6.54 Å². The van der Waals surface area contributed by atoms with Crippen molar-refractivity contribution < 1.29 is 0 Å². The monoisotopic (exact) mass is 297 g/mol. The molecule has 0 atom stereocenters. The predicted molar refractivity (Wildman–Crippen MR) is 68.5 cm³/mol. The van der Waals surface area contributed by atoms with Gasteiger partial charge in [-0.25, -0.2) is 4.98 Å². The number of nitrogens with one attached hydrogen (secondary N) is 1. The first-order chi connectivity index (χ1) is 7.75. The average molecular weight is 299 g/mol. The number of hydrogen-bond donors (Lipinski definition) is 1. The molecule has 2 heterocycles. The Morgan fingerprint density at radius 1 is 1.38 bits per heavy atom. The molecule has 0 aliphatic heterocycles. The quantitative estimate of drug-likeness (QED) is 0.942. The second-order valence-electron chi connectivity index (χ2n) is 3.20. The van der Waals surface area contributed by atoms with Crippen LogP contribution in [-0.2, 0) is 6.54 Å². The Hall–Kier alpha value is -1.13. The van der Waals surface area contributed by atoms with E-state index in [2.05, 4.69) is 31.2 Å². The first-order valence-corrected chi connectivity index (χ1v) is 5.86. The fourth-order valence-electron chi connectivity index (χ4n) is 1.23. The molecule has 0 aromatic carbocycles. The van der Waals surface area contributed by atoms with Gasteiger partial charge in [-0.1, -0.05) is 17.7 Å². The third-order valence-electron chi connectivity index (χ3n) is 1.99. The number of rotatable bonds is 3. The second-order valence-corrected chi connectivity index (χ2v) is 4.52. The van der Waals surface area contributed by atoms with Crippen molar-refractivity contribution in [2.75, 3.05) is 5.32 Å².